The van der Waals surface area contributed by atoms with Gasteiger partial charge in [-0.1, -0.05) is 35.5 Å². The van der Waals surface area contributed by atoms with E-state index in [9.17, 15) is 13.6 Å². The van der Waals surface area contributed by atoms with Gasteiger partial charge in [0.25, 0.3) is 0 Å². The predicted octanol–water partition coefficient (Wildman–Crippen LogP) is 6.65. The molecule has 4 nitrogen and oxygen atoms in total. The number of hydrogen-bond donors (Lipinski definition) is 1. The molecule has 170 valence electrons. The minimum absolute atomic E-state index is 0.205. The summed E-state index contributed by atoms with van der Waals surface area (Å²) in [5, 5.41) is 3.65. The molecule has 0 saturated heterocycles. The first-order chi connectivity index (χ1) is 15.4. The Labute approximate surface area is 191 Å². The number of carbonyl (C=O) groups excluding carboxylic acids is 1. The fourth-order valence-electron chi connectivity index (χ4n) is 2.40. The first-order valence-corrected chi connectivity index (χ1v) is 11.4. The molecule has 0 spiro atoms. The number of aliphatic imine (C=N–C) groups is 1. The molecule has 1 N–H and O–H groups in total. The van der Waals surface area contributed by atoms with Gasteiger partial charge in [0, 0.05) is 42.0 Å². The number of halogens is 2. The summed E-state index contributed by atoms with van der Waals surface area (Å²) < 4.78 is 26.8. The Kier molecular flexibility index (Phi) is 13.4. The predicted molar refractivity (Wildman–Crippen MR) is 130 cm³/mol. The van der Waals surface area contributed by atoms with Gasteiger partial charge in [0.1, 0.15) is 11.7 Å². The molecule has 32 heavy (non-hydrogen) atoms. The van der Waals surface area contributed by atoms with Crippen LogP contribution in [-0.4, -0.2) is 30.2 Å². The molecule has 0 aliphatic carbocycles. The Bertz CT molecular complexity index is 941. The third-order valence-corrected chi connectivity index (χ3v) is 5.32. The van der Waals surface area contributed by atoms with E-state index in [-0.39, 0.29) is 25.2 Å². The normalized spacial score (nSPS) is 13.1. The third-order valence-electron chi connectivity index (χ3n) is 4.41. The molecule has 0 aliphatic rings. The Morgan fingerprint density at radius 2 is 2.16 bits per heavy atom. The largest absolute Gasteiger partial charge is 0.354 e. The maximum Gasteiger partial charge on any atom is 0.207 e. The van der Waals surface area contributed by atoms with E-state index >= 15 is 0 Å². The zero-order chi connectivity index (χ0) is 23.8. The molecular formula is C25H30F2N3OP. The van der Waals surface area contributed by atoms with Crippen molar-refractivity contribution in [3.8, 4) is 0 Å². The SMILES string of the molecule is C=C(F)C=C=C(/C=C(/F)CC)CC(CN=CC(=C=CC(C)CC)c1cnccp1)NC=O. The van der Waals surface area contributed by atoms with Crippen LogP contribution in [0.1, 0.15) is 45.3 Å². The van der Waals surface area contributed by atoms with Gasteiger partial charge in [0.05, 0.1) is 12.6 Å². The second kappa shape index (κ2) is 15.8. The van der Waals surface area contributed by atoms with Gasteiger partial charge < -0.3 is 5.32 Å². The molecule has 1 rings (SSSR count). The van der Waals surface area contributed by atoms with Crippen LogP contribution in [0.4, 0.5) is 8.78 Å². The highest BCUT2D eigenvalue weighted by Gasteiger charge is 2.10. The first-order valence-electron chi connectivity index (χ1n) is 10.5. The van der Waals surface area contributed by atoms with Crippen LogP contribution in [0.25, 0.3) is 5.57 Å². The van der Waals surface area contributed by atoms with E-state index < -0.39 is 11.9 Å². The maximum absolute atomic E-state index is 13.8. The van der Waals surface area contributed by atoms with Gasteiger partial charge in [-0.2, -0.15) is 0 Å². The quantitative estimate of drug-likeness (QED) is 0.156. The lowest BCUT2D eigenvalue weighted by Gasteiger charge is -2.13. The molecule has 0 aliphatic heterocycles. The van der Waals surface area contributed by atoms with Crippen LogP contribution in [0.3, 0.4) is 0 Å². The summed E-state index contributed by atoms with van der Waals surface area (Å²) in [7, 11) is 0.994. The number of amides is 1. The summed E-state index contributed by atoms with van der Waals surface area (Å²) >= 11 is 0. The van der Waals surface area contributed by atoms with Gasteiger partial charge in [0.15, 0.2) is 0 Å². The molecular weight excluding hydrogens is 427 g/mol. The van der Waals surface area contributed by atoms with E-state index in [1.54, 1.807) is 25.5 Å². The molecule has 1 amide bonds. The van der Waals surface area contributed by atoms with Crippen LogP contribution in [0.5, 0.6) is 0 Å². The fourth-order valence-corrected chi connectivity index (χ4v) is 3.10. The highest BCUT2D eigenvalue weighted by Crippen LogP contribution is 2.20. The van der Waals surface area contributed by atoms with Crippen molar-refractivity contribution in [3.05, 3.63) is 77.0 Å². The number of nitrogens with one attached hydrogen (secondary N) is 1. The number of nitrogens with zero attached hydrogens (tertiary/aromatic N) is 2. The highest BCUT2D eigenvalue weighted by atomic mass is 31.0. The summed E-state index contributed by atoms with van der Waals surface area (Å²) in [6, 6.07) is -0.421. The van der Waals surface area contributed by atoms with Crippen molar-refractivity contribution < 1.29 is 13.6 Å². The van der Waals surface area contributed by atoms with Crippen molar-refractivity contribution in [1.82, 2.24) is 10.3 Å². The lowest BCUT2D eigenvalue weighted by Crippen LogP contribution is -2.31. The van der Waals surface area contributed by atoms with Crippen molar-refractivity contribution >= 4 is 26.4 Å². The molecule has 1 aromatic heterocycles. The number of allylic oxidation sites excluding steroid dienone is 4. The van der Waals surface area contributed by atoms with Gasteiger partial charge in [-0.25, -0.2) is 8.78 Å². The van der Waals surface area contributed by atoms with E-state index in [4.69, 9.17) is 0 Å². The van der Waals surface area contributed by atoms with Crippen molar-refractivity contribution in [2.45, 2.75) is 46.1 Å². The molecule has 1 heterocycles. The monoisotopic (exact) mass is 457 g/mol. The second-order valence-electron chi connectivity index (χ2n) is 7.09. The molecule has 0 saturated carbocycles. The van der Waals surface area contributed by atoms with E-state index in [1.807, 2.05) is 11.9 Å². The van der Waals surface area contributed by atoms with Crippen LogP contribution in [0, 0.1) is 5.92 Å². The molecule has 0 radical (unpaired) electrons. The topological polar surface area (TPSA) is 54.4 Å². The molecule has 1 aromatic rings. The van der Waals surface area contributed by atoms with E-state index in [2.05, 4.69) is 47.2 Å². The molecule has 0 aromatic carbocycles. The molecule has 2 atom stereocenters. The van der Waals surface area contributed by atoms with Gasteiger partial charge >= 0.3 is 0 Å². The number of aromatic nitrogens is 1. The van der Waals surface area contributed by atoms with Crippen molar-refractivity contribution in [3.63, 3.8) is 0 Å². The third kappa shape index (κ3) is 11.5. The zero-order valence-corrected chi connectivity index (χ0v) is 19.7. The lowest BCUT2D eigenvalue weighted by molar-refractivity contribution is -0.110. The van der Waals surface area contributed by atoms with Crippen molar-refractivity contribution in [2.75, 3.05) is 6.54 Å². The fraction of sp³-hybridized carbons (Fsp3) is 0.360. The number of carbonyl (C=O) groups is 1. The average Bonchev–Trinajstić information content (AvgIpc) is 2.79. The van der Waals surface area contributed by atoms with Crippen LogP contribution in [-0.2, 0) is 4.79 Å². The minimum atomic E-state index is -0.687. The van der Waals surface area contributed by atoms with Crippen LogP contribution in [0.2, 0.25) is 0 Å². The molecule has 0 bridgehead atoms. The molecule has 2 unspecified atom stereocenters. The summed E-state index contributed by atoms with van der Waals surface area (Å²) in [6.45, 7) is 9.29. The van der Waals surface area contributed by atoms with E-state index in [0.717, 1.165) is 31.6 Å². The van der Waals surface area contributed by atoms with Crippen LogP contribution < -0.4 is 5.32 Å². The molecule has 7 heteroatoms. The van der Waals surface area contributed by atoms with Crippen LogP contribution >= 0.6 is 8.19 Å². The summed E-state index contributed by atoms with van der Waals surface area (Å²) in [5.74, 6) is 1.26. The van der Waals surface area contributed by atoms with Gasteiger partial charge in [0.2, 0.25) is 6.41 Å². The number of rotatable bonds is 13. The first kappa shape index (κ1) is 27.1. The van der Waals surface area contributed by atoms with E-state index in [1.165, 1.54) is 6.08 Å². The Hall–Kier alpha value is -2.90. The second-order valence-corrected chi connectivity index (χ2v) is 8.12. The lowest BCUT2D eigenvalue weighted by atomic mass is 10.1. The van der Waals surface area contributed by atoms with Gasteiger partial charge in [-0.15, -0.1) is 11.5 Å². The van der Waals surface area contributed by atoms with Crippen LogP contribution in [0.15, 0.2) is 76.7 Å². The summed E-state index contributed by atoms with van der Waals surface area (Å²) in [5.41, 5.74) is 7.22. The standard InChI is InChI=1S/C25H30F2N3OP/c1-5-19(3)7-10-22(25-17-28-11-12-32-25)15-29-16-24(30-18-31)14-21(9-8-20(4)26)13-23(27)6-2/h7-8,11-13,15,17-19,24H,4-6,14,16H2,1-3H3,(H,30,31)/b23-13+,29-15?. The molecule has 0 fully saturated rings. The van der Waals surface area contributed by atoms with Crippen molar-refractivity contribution in [2.24, 2.45) is 10.9 Å². The summed E-state index contributed by atoms with van der Waals surface area (Å²) in [4.78, 5) is 19.7. The average molecular weight is 458 g/mol. The van der Waals surface area contributed by atoms with Gasteiger partial charge in [-0.3, -0.25) is 14.8 Å². The Morgan fingerprint density at radius 3 is 2.75 bits per heavy atom. The van der Waals surface area contributed by atoms with Crippen molar-refractivity contribution in [1.29, 1.82) is 0 Å². The highest BCUT2D eigenvalue weighted by molar-refractivity contribution is 7.31. The smallest absolute Gasteiger partial charge is 0.207 e. The summed E-state index contributed by atoms with van der Waals surface area (Å²) in [6.07, 6.45) is 11.6. The Balaban J connectivity index is 3.13. The zero-order valence-electron chi connectivity index (χ0n) is 18.8. The minimum Gasteiger partial charge on any atom is -0.354 e. The van der Waals surface area contributed by atoms with Gasteiger partial charge in [-0.05, 0) is 42.3 Å². The maximum atomic E-state index is 13.8. The number of hydrogen-bond acceptors (Lipinski definition) is 3. The van der Waals surface area contributed by atoms with E-state index in [0.29, 0.717) is 17.9 Å². The Morgan fingerprint density at radius 1 is 1.38 bits per heavy atom.